The van der Waals surface area contributed by atoms with Crippen molar-refractivity contribution >= 4 is 5.97 Å². The van der Waals surface area contributed by atoms with Gasteiger partial charge >= 0.3 is 5.97 Å². The van der Waals surface area contributed by atoms with Crippen molar-refractivity contribution in [3.8, 4) is 16.8 Å². The van der Waals surface area contributed by atoms with Crippen LogP contribution < -0.4 is 0 Å². The SMILES string of the molecule is CC(C)c1cccc(-n2ccc(-c3ccc(C(=O)O)cc3)c2)c1. The molecule has 0 spiro atoms. The quantitative estimate of drug-likeness (QED) is 0.739. The molecule has 2 aromatic carbocycles. The Morgan fingerprint density at radius 1 is 1.00 bits per heavy atom. The van der Waals surface area contributed by atoms with Gasteiger partial charge in [-0.05, 0) is 52.9 Å². The van der Waals surface area contributed by atoms with Gasteiger partial charge in [0.15, 0.2) is 0 Å². The van der Waals surface area contributed by atoms with Gasteiger partial charge in [0, 0.05) is 18.1 Å². The molecule has 0 aliphatic heterocycles. The van der Waals surface area contributed by atoms with Crippen molar-refractivity contribution < 1.29 is 9.90 Å². The van der Waals surface area contributed by atoms with Crippen molar-refractivity contribution in [1.82, 2.24) is 4.57 Å². The number of rotatable bonds is 4. The van der Waals surface area contributed by atoms with Crippen LogP contribution in [-0.2, 0) is 0 Å². The predicted octanol–water partition coefficient (Wildman–Crippen LogP) is 4.97. The van der Waals surface area contributed by atoms with E-state index in [0.29, 0.717) is 11.5 Å². The number of nitrogens with zero attached hydrogens (tertiary/aromatic N) is 1. The first-order chi connectivity index (χ1) is 11.0. The highest BCUT2D eigenvalue weighted by Gasteiger charge is 2.06. The molecule has 3 rings (SSSR count). The molecule has 1 heterocycles. The fraction of sp³-hybridized carbons (Fsp3) is 0.150. The second-order valence-electron chi connectivity index (χ2n) is 5.94. The largest absolute Gasteiger partial charge is 0.478 e. The van der Waals surface area contributed by atoms with Crippen molar-refractivity contribution in [3.05, 3.63) is 78.1 Å². The number of hydrogen-bond acceptors (Lipinski definition) is 1. The van der Waals surface area contributed by atoms with Gasteiger partial charge in [0.1, 0.15) is 0 Å². The highest BCUT2D eigenvalue weighted by atomic mass is 16.4. The molecule has 3 heteroatoms. The van der Waals surface area contributed by atoms with Crippen molar-refractivity contribution in [3.63, 3.8) is 0 Å². The summed E-state index contributed by atoms with van der Waals surface area (Å²) in [6.45, 7) is 4.37. The predicted molar refractivity (Wildman–Crippen MR) is 92.3 cm³/mol. The summed E-state index contributed by atoms with van der Waals surface area (Å²) >= 11 is 0. The van der Waals surface area contributed by atoms with Gasteiger partial charge in [0.25, 0.3) is 0 Å². The monoisotopic (exact) mass is 305 g/mol. The van der Waals surface area contributed by atoms with Gasteiger partial charge in [0.2, 0.25) is 0 Å². The highest BCUT2D eigenvalue weighted by molar-refractivity contribution is 5.88. The van der Waals surface area contributed by atoms with Crippen molar-refractivity contribution in [2.75, 3.05) is 0 Å². The molecule has 116 valence electrons. The molecule has 0 fully saturated rings. The number of hydrogen-bond donors (Lipinski definition) is 1. The molecule has 0 radical (unpaired) electrons. The lowest BCUT2D eigenvalue weighted by Crippen LogP contribution is -1.95. The second kappa shape index (κ2) is 6.13. The minimum atomic E-state index is -0.903. The van der Waals surface area contributed by atoms with Gasteiger partial charge in [-0.2, -0.15) is 0 Å². The van der Waals surface area contributed by atoms with Gasteiger partial charge < -0.3 is 9.67 Å². The molecule has 0 saturated heterocycles. The van der Waals surface area contributed by atoms with E-state index in [2.05, 4.69) is 48.9 Å². The highest BCUT2D eigenvalue weighted by Crippen LogP contribution is 2.24. The third-order valence-corrected chi connectivity index (χ3v) is 3.99. The van der Waals surface area contributed by atoms with Gasteiger partial charge in [0.05, 0.1) is 5.56 Å². The van der Waals surface area contributed by atoms with Crippen LogP contribution in [0.25, 0.3) is 16.8 Å². The average molecular weight is 305 g/mol. The number of aromatic carboxylic acids is 1. The van der Waals surface area contributed by atoms with Gasteiger partial charge in [-0.1, -0.05) is 38.1 Å². The molecule has 0 aliphatic carbocycles. The normalized spacial score (nSPS) is 10.9. The zero-order valence-electron chi connectivity index (χ0n) is 13.2. The summed E-state index contributed by atoms with van der Waals surface area (Å²) < 4.78 is 2.09. The Kier molecular flexibility index (Phi) is 4.02. The molecule has 3 aromatic rings. The molecule has 23 heavy (non-hydrogen) atoms. The molecule has 0 amide bonds. The third kappa shape index (κ3) is 3.19. The molecule has 3 nitrogen and oxygen atoms in total. The number of carboxylic acid groups (broad SMARTS) is 1. The first kappa shape index (κ1) is 15.1. The van der Waals surface area contributed by atoms with E-state index in [1.165, 1.54) is 5.56 Å². The van der Waals surface area contributed by atoms with E-state index in [1.807, 2.05) is 24.4 Å². The molecule has 0 bridgehead atoms. The fourth-order valence-corrected chi connectivity index (χ4v) is 2.58. The number of aromatic nitrogens is 1. The van der Waals surface area contributed by atoms with E-state index in [4.69, 9.17) is 5.11 Å². The summed E-state index contributed by atoms with van der Waals surface area (Å²) in [5, 5.41) is 8.97. The maximum atomic E-state index is 10.9. The summed E-state index contributed by atoms with van der Waals surface area (Å²) in [7, 11) is 0. The molecular weight excluding hydrogens is 286 g/mol. The lowest BCUT2D eigenvalue weighted by atomic mass is 10.0. The minimum Gasteiger partial charge on any atom is -0.478 e. The Morgan fingerprint density at radius 3 is 2.39 bits per heavy atom. The summed E-state index contributed by atoms with van der Waals surface area (Å²) in [5.74, 6) is -0.409. The average Bonchev–Trinajstić information content (AvgIpc) is 3.05. The molecule has 1 N–H and O–H groups in total. The number of benzene rings is 2. The molecule has 0 unspecified atom stereocenters. The van der Waals surface area contributed by atoms with E-state index >= 15 is 0 Å². The Bertz CT molecular complexity index is 829. The van der Waals surface area contributed by atoms with E-state index in [-0.39, 0.29) is 0 Å². The van der Waals surface area contributed by atoms with Crippen LogP contribution in [0.15, 0.2) is 67.0 Å². The first-order valence-corrected chi connectivity index (χ1v) is 7.66. The second-order valence-corrected chi connectivity index (χ2v) is 5.94. The lowest BCUT2D eigenvalue weighted by molar-refractivity contribution is 0.0697. The van der Waals surface area contributed by atoms with Crippen LogP contribution in [0.4, 0.5) is 0 Å². The van der Waals surface area contributed by atoms with E-state index < -0.39 is 5.97 Å². The Balaban J connectivity index is 1.91. The summed E-state index contributed by atoms with van der Waals surface area (Å²) in [4.78, 5) is 10.9. The molecule has 0 atom stereocenters. The van der Waals surface area contributed by atoms with E-state index in [0.717, 1.165) is 16.8 Å². The van der Waals surface area contributed by atoms with Crippen molar-refractivity contribution in [2.24, 2.45) is 0 Å². The summed E-state index contributed by atoms with van der Waals surface area (Å²) in [6, 6.07) is 17.5. The Morgan fingerprint density at radius 2 is 1.74 bits per heavy atom. The zero-order valence-corrected chi connectivity index (χ0v) is 13.2. The van der Waals surface area contributed by atoms with E-state index in [9.17, 15) is 4.79 Å². The Hall–Kier alpha value is -2.81. The fourth-order valence-electron chi connectivity index (χ4n) is 2.58. The van der Waals surface area contributed by atoms with Crippen LogP contribution in [-0.4, -0.2) is 15.6 Å². The van der Waals surface area contributed by atoms with Crippen LogP contribution in [0.2, 0.25) is 0 Å². The molecule has 0 saturated carbocycles. The van der Waals surface area contributed by atoms with Gasteiger partial charge in [-0.3, -0.25) is 0 Å². The topological polar surface area (TPSA) is 42.2 Å². The standard InChI is InChI=1S/C20H19NO2/c1-14(2)17-4-3-5-19(12-17)21-11-10-18(13-21)15-6-8-16(9-7-15)20(22)23/h3-14H,1-2H3,(H,22,23). The number of carboxylic acids is 1. The van der Waals surface area contributed by atoms with Gasteiger partial charge in [-0.15, -0.1) is 0 Å². The zero-order chi connectivity index (χ0) is 16.4. The Labute approximate surface area is 135 Å². The summed E-state index contributed by atoms with van der Waals surface area (Å²) in [5.41, 5.74) is 4.82. The van der Waals surface area contributed by atoms with Crippen molar-refractivity contribution in [2.45, 2.75) is 19.8 Å². The van der Waals surface area contributed by atoms with E-state index in [1.54, 1.807) is 12.1 Å². The van der Waals surface area contributed by atoms with Crippen LogP contribution in [0.3, 0.4) is 0 Å². The third-order valence-electron chi connectivity index (χ3n) is 3.99. The summed E-state index contributed by atoms with van der Waals surface area (Å²) in [6.07, 6.45) is 4.09. The number of carbonyl (C=O) groups is 1. The van der Waals surface area contributed by atoms with Crippen LogP contribution >= 0.6 is 0 Å². The molecular formula is C20H19NO2. The maximum absolute atomic E-state index is 10.9. The maximum Gasteiger partial charge on any atom is 0.335 e. The van der Waals surface area contributed by atoms with Crippen LogP contribution in [0.1, 0.15) is 35.7 Å². The first-order valence-electron chi connectivity index (χ1n) is 7.66. The van der Waals surface area contributed by atoms with Crippen LogP contribution in [0, 0.1) is 0 Å². The molecule has 0 aliphatic rings. The minimum absolute atomic E-state index is 0.304. The smallest absolute Gasteiger partial charge is 0.335 e. The lowest BCUT2D eigenvalue weighted by Gasteiger charge is -2.09. The van der Waals surface area contributed by atoms with Crippen molar-refractivity contribution in [1.29, 1.82) is 0 Å². The molecule has 1 aromatic heterocycles. The van der Waals surface area contributed by atoms with Crippen LogP contribution in [0.5, 0.6) is 0 Å². The van der Waals surface area contributed by atoms with Gasteiger partial charge in [-0.25, -0.2) is 4.79 Å².